The molecule has 0 aliphatic rings. The molecule has 0 N–H and O–H groups in total. The first-order valence-corrected chi connectivity index (χ1v) is 8.84. The van der Waals surface area contributed by atoms with Crippen molar-refractivity contribution in [2.45, 2.75) is 13.8 Å². The van der Waals surface area contributed by atoms with E-state index in [0.717, 1.165) is 0 Å². The summed E-state index contributed by atoms with van der Waals surface area (Å²) in [5, 5.41) is 0.602. The third-order valence-corrected chi connectivity index (χ3v) is 3.77. The van der Waals surface area contributed by atoms with E-state index in [1.165, 1.54) is 19.1 Å². The Morgan fingerprint density at radius 1 is 1.17 bits per heavy atom. The summed E-state index contributed by atoms with van der Waals surface area (Å²) in [5.74, 6) is 1.50. The highest BCUT2D eigenvalue weighted by Crippen LogP contribution is 2.23. The normalized spacial score (nSPS) is 11.2. The van der Waals surface area contributed by atoms with E-state index in [-0.39, 0.29) is 34.6 Å². The average Bonchev–Trinajstić information content (AvgIpc) is 2.69. The summed E-state index contributed by atoms with van der Waals surface area (Å²) < 4.78 is 15.5. The van der Waals surface area contributed by atoms with Crippen LogP contribution < -0.4 is 10.4 Å². The van der Waals surface area contributed by atoms with Crippen molar-refractivity contribution in [3.05, 3.63) is 82.8 Å². The molecule has 30 heavy (non-hydrogen) atoms. The molecule has 0 saturated carbocycles. The zero-order chi connectivity index (χ0) is 22.3. The average molecular weight is 404 g/mol. The Morgan fingerprint density at radius 3 is 2.50 bits per heavy atom. The molecule has 0 spiro atoms. The van der Waals surface area contributed by atoms with E-state index in [1.54, 1.807) is 37.3 Å². The van der Waals surface area contributed by atoms with Crippen molar-refractivity contribution in [2.24, 2.45) is 0 Å². The van der Waals surface area contributed by atoms with Crippen molar-refractivity contribution in [1.82, 2.24) is 0 Å². The number of benzene rings is 1. The van der Waals surface area contributed by atoms with Crippen LogP contribution in [0.25, 0.3) is 16.5 Å². The molecule has 1 aromatic heterocycles. The minimum atomic E-state index is -0.629. The number of carbonyl (C=O) groups excluding carboxylic acids is 2. The lowest BCUT2D eigenvalue weighted by Gasteiger charge is -2.06. The minimum Gasteiger partial charge on any atom is -0.458 e. The van der Waals surface area contributed by atoms with Crippen LogP contribution in [0.1, 0.15) is 19.4 Å². The van der Waals surface area contributed by atoms with Gasteiger partial charge in [-0.25, -0.2) is 14.4 Å². The molecule has 2 rings (SSSR count). The van der Waals surface area contributed by atoms with E-state index < -0.39 is 17.6 Å². The van der Waals surface area contributed by atoms with Crippen molar-refractivity contribution in [1.29, 1.82) is 0 Å². The quantitative estimate of drug-likeness (QED) is 0.173. The van der Waals surface area contributed by atoms with Crippen molar-refractivity contribution in [3.8, 4) is 18.1 Å². The highest BCUT2D eigenvalue weighted by atomic mass is 16.5. The van der Waals surface area contributed by atoms with Crippen molar-refractivity contribution < 1.29 is 23.5 Å². The molecule has 0 amide bonds. The molecule has 0 fully saturated rings. The number of fused-ring (bicyclic) bond motifs is 1. The van der Waals surface area contributed by atoms with E-state index in [4.69, 9.17) is 20.3 Å². The zero-order valence-corrected chi connectivity index (χ0v) is 16.7. The minimum absolute atomic E-state index is 0.00995. The van der Waals surface area contributed by atoms with E-state index in [1.807, 2.05) is 0 Å². The van der Waals surface area contributed by atoms with Gasteiger partial charge in [-0.05, 0) is 49.8 Å². The van der Waals surface area contributed by atoms with Gasteiger partial charge in [0, 0.05) is 22.6 Å². The van der Waals surface area contributed by atoms with Gasteiger partial charge in [0.25, 0.3) is 0 Å². The Kier molecular flexibility index (Phi) is 7.32. The lowest BCUT2D eigenvalue weighted by atomic mass is 10.1. The Bertz CT molecular complexity index is 1180. The highest BCUT2D eigenvalue weighted by molar-refractivity contribution is 5.90. The summed E-state index contributed by atoms with van der Waals surface area (Å²) in [4.78, 5) is 35.6. The van der Waals surface area contributed by atoms with Gasteiger partial charge in [-0.15, -0.1) is 6.42 Å². The highest BCUT2D eigenvalue weighted by Gasteiger charge is 2.11. The predicted octanol–water partition coefficient (Wildman–Crippen LogP) is 3.97. The monoisotopic (exact) mass is 404 g/mol. The van der Waals surface area contributed by atoms with E-state index >= 15 is 0 Å². The summed E-state index contributed by atoms with van der Waals surface area (Å²) in [6, 6.07) is 6.27. The standard InChI is InChI=1S/C24H20O6/c1-6-8-17(9-7-12-28-22(25)15(2)3)20-13-18-10-11-19(29-23(26)16(4)5)14-21(18)30-24(20)27/h1,7-11,13-14H,2,4,12H2,3,5H3/b9-7-,17-8+. The van der Waals surface area contributed by atoms with Crippen LogP contribution in [-0.2, 0) is 14.3 Å². The predicted molar refractivity (Wildman–Crippen MR) is 115 cm³/mol. The molecular formula is C24H20O6. The van der Waals surface area contributed by atoms with Gasteiger partial charge in [-0.3, -0.25) is 0 Å². The van der Waals surface area contributed by atoms with E-state index in [9.17, 15) is 14.4 Å². The summed E-state index contributed by atoms with van der Waals surface area (Å²) >= 11 is 0. The molecule has 1 heterocycles. The Balaban J connectivity index is 2.32. The topological polar surface area (TPSA) is 82.8 Å². The van der Waals surface area contributed by atoms with E-state index in [2.05, 4.69) is 19.1 Å². The molecule has 6 nitrogen and oxygen atoms in total. The van der Waals surface area contributed by atoms with Crippen LogP contribution in [0.4, 0.5) is 0 Å². The molecule has 0 bridgehead atoms. The molecule has 0 saturated heterocycles. The van der Waals surface area contributed by atoms with Crippen LogP contribution in [0.5, 0.6) is 5.75 Å². The molecular weight excluding hydrogens is 384 g/mol. The maximum absolute atomic E-state index is 12.5. The molecule has 152 valence electrons. The first-order chi connectivity index (χ1) is 14.2. The fourth-order valence-electron chi connectivity index (χ4n) is 2.28. The number of carbonyl (C=O) groups is 2. The summed E-state index contributed by atoms with van der Waals surface area (Å²) in [6.45, 7) is 10.1. The Labute approximate surface area is 173 Å². The second-order valence-electron chi connectivity index (χ2n) is 6.36. The van der Waals surface area contributed by atoms with Gasteiger partial charge in [-0.1, -0.05) is 25.2 Å². The molecule has 6 heteroatoms. The number of esters is 2. The SMILES string of the molecule is C#C/C=C(\C=C/COC(=O)C(=C)C)c1cc2ccc(OC(=O)C(=C)C)cc2oc1=O. The van der Waals surface area contributed by atoms with Crippen molar-refractivity contribution >= 4 is 28.5 Å². The first kappa shape index (κ1) is 22.2. The van der Waals surface area contributed by atoms with Crippen LogP contribution in [0.3, 0.4) is 0 Å². The molecule has 0 aliphatic heterocycles. The van der Waals surface area contributed by atoms with Crippen LogP contribution in [0, 0.1) is 12.3 Å². The van der Waals surface area contributed by atoms with Crippen molar-refractivity contribution in [2.75, 3.05) is 6.61 Å². The second-order valence-corrected chi connectivity index (χ2v) is 6.36. The molecule has 0 unspecified atom stereocenters. The Morgan fingerprint density at radius 2 is 1.87 bits per heavy atom. The summed E-state index contributed by atoms with van der Waals surface area (Å²) in [6.07, 6.45) is 9.88. The van der Waals surface area contributed by atoms with Crippen LogP contribution in [0.2, 0.25) is 0 Å². The third kappa shape index (κ3) is 5.69. The number of allylic oxidation sites excluding steroid dienone is 3. The zero-order valence-electron chi connectivity index (χ0n) is 16.7. The van der Waals surface area contributed by atoms with Gasteiger partial charge >= 0.3 is 17.6 Å². The fraction of sp³-hybridized carbons (Fsp3) is 0.125. The summed E-state index contributed by atoms with van der Waals surface area (Å²) in [5.41, 5.74) is 0.793. The molecule has 0 atom stereocenters. The smallest absolute Gasteiger partial charge is 0.344 e. The molecule has 1 aromatic carbocycles. The van der Waals surface area contributed by atoms with Gasteiger partial charge in [0.1, 0.15) is 17.9 Å². The van der Waals surface area contributed by atoms with Crippen LogP contribution in [0.15, 0.2) is 76.0 Å². The maximum Gasteiger partial charge on any atom is 0.344 e. The lowest BCUT2D eigenvalue weighted by Crippen LogP contribution is -2.09. The second kappa shape index (κ2) is 9.89. The first-order valence-electron chi connectivity index (χ1n) is 8.84. The fourth-order valence-corrected chi connectivity index (χ4v) is 2.28. The van der Waals surface area contributed by atoms with Crippen LogP contribution in [-0.4, -0.2) is 18.5 Å². The van der Waals surface area contributed by atoms with Gasteiger partial charge < -0.3 is 13.9 Å². The molecule has 0 aliphatic carbocycles. The van der Waals surface area contributed by atoms with Crippen molar-refractivity contribution in [3.63, 3.8) is 0 Å². The van der Waals surface area contributed by atoms with E-state index in [0.29, 0.717) is 11.0 Å². The number of hydrogen-bond acceptors (Lipinski definition) is 6. The maximum atomic E-state index is 12.5. The molecule has 2 aromatic rings. The summed E-state index contributed by atoms with van der Waals surface area (Å²) in [7, 11) is 0. The largest absolute Gasteiger partial charge is 0.458 e. The Hall–Kier alpha value is -4.11. The number of rotatable bonds is 7. The third-order valence-electron chi connectivity index (χ3n) is 3.77. The number of terminal acetylenes is 1. The van der Waals surface area contributed by atoms with Gasteiger partial charge in [0.15, 0.2) is 0 Å². The number of ether oxygens (including phenoxy) is 2. The van der Waals surface area contributed by atoms with Gasteiger partial charge in [0.05, 0.1) is 5.56 Å². The van der Waals surface area contributed by atoms with Gasteiger partial charge in [0.2, 0.25) is 0 Å². The van der Waals surface area contributed by atoms with Gasteiger partial charge in [-0.2, -0.15) is 0 Å². The number of hydrogen-bond donors (Lipinski definition) is 0. The molecule has 0 radical (unpaired) electrons. The van der Waals surface area contributed by atoms with Crippen LogP contribution >= 0.6 is 0 Å². The lowest BCUT2D eigenvalue weighted by molar-refractivity contribution is -0.137.